The van der Waals surface area contributed by atoms with Crippen LogP contribution in [0.1, 0.15) is 16.9 Å². The first-order valence-electron chi connectivity index (χ1n) is 7.71. The summed E-state index contributed by atoms with van der Waals surface area (Å²) in [5.41, 5.74) is 1.40. The summed E-state index contributed by atoms with van der Waals surface area (Å²) < 4.78 is 5.74. The Labute approximate surface area is 130 Å². The van der Waals surface area contributed by atoms with Crippen molar-refractivity contribution in [2.45, 2.75) is 19.9 Å². The SMILES string of the molecule is CNC(=O)C[C@@H]1COC[C@H]2CN(Cc3sccc3C)C[C@@H]12. The van der Waals surface area contributed by atoms with Crippen LogP contribution in [0.25, 0.3) is 0 Å². The number of rotatable bonds is 4. The van der Waals surface area contributed by atoms with Gasteiger partial charge in [0, 0.05) is 38.0 Å². The molecule has 5 heteroatoms. The zero-order valence-corrected chi connectivity index (χ0v) is 13.6. The van der Waals surface area contributed by atoms with Gasteiger partial charge in [-0.2, -0.15) is 0 Å². The van der Waals surface area contributed by atoms with Crippen molar-refractivity contribution < 1.29 is 9.53 Å². The molecular weight excluding hydrogens is 284 g/mol. The molecule has 0 spiro atoms. The summed E-state index contributed by atoms with van der Waals surface area (Å²) in [6.45, 7) is 7.03. The molecule has 2 aliphatic heterocycles. The van der Waals surface area contributed by atoms with E-state index in [-0.39, 0.29) is 5.91 Å². The molecule has 2 fully saturated rings. The van der Waals surface area contributed by atoms with Crippen LogP contribution in [0.3, 0.4) is 0 Å². The number of ether oxygens (including phenoxy) is 1. The maximum absolute atomic E-state index is 11.7. The first kappa shape index (κ1) is 15.0. The summed E-state index contributed by atoms with van der Waals surface area (Å²) in [5.74, 6) is 1.71. The van der Waals surface area contributed by atoms with Gasteiger partial charge in [-0.25, -0.2) is 0 Å². The molecule has 0 aromatic carbocycles. The highest BCUT2D eigenvalue weighted by Gasteiger charge is 2.41. The van der Waals surface area contributed by atoms with Crippen LogP contribution in [-0.4, -0.2) is 44.2 Å². The maximum atomic E-state index is 11.7. The molecule has 3 rings (SSSR count). The van der Waals surface area contributed by atoms with Crippen LogP contribution in [0.4, 0.5) is 0 Å². The van der Waals surface area contributed by atoms with Gasteiger partial charge in [0.05, 0.1) is 13.2 Å². The fourth-order valence-electron chi connectivity index (χ4n) is 3.64. The molecule has 0 unspecified atom stereocenters. The second-order valence-corrected chi connectivity index (χ2v) is 7.32. The normalized spacial score (nSPS) is 29.3. The number of aryl methyl sites for hydroxylation is 1. The average molecular weight is 308 g/mol. The number of hydrogen-bond donors (Lipinski definition) is 1. The van der Waals surface area contributed by atoms with E-state index in [4.69, 9.17) is 4.74 Å². The molecule has 2 aliphatic rings. The lowest BCUT2D eigenvalue weighted by atomic mass is 9.81. The van der Waals surface area contributed by atoms with Crippen molar-refractivity contribution in [3.05, 3.63) is 21.9 Å². The number of nitrogens with zero attached hydrogens (tertiary/aromatic N) is 1. The molecule has 0 bridgehead atoms. The summed E-state index contributed by atoms with van der Waals surface area (Å²) >= 11 is 1.85. The molecular formula is C16H24N2O2S. The van der Waals surface area contributed by atoms with Gasteiger partial charge in [-0.15, -0.1) is 11.3 Å². The van der Waals surface area contributed by atoms with E-state index in [2.05, 4.69) is 28.6 Å². The van der Waals surface area contributed by atoms with Gasteiger partial charge in [0.25, 0.3) is 0 Å². The van der Waals surface area contributed by atoms with Crippen molar-refractivity contribution in [1.82, 2.24) is 10.2 Å². The predicted octanol–water partition coefficient (Wildman–Crippen LogP) is 1.89. The Hall–Kier alpha value is -0.910. The van der Waals surface area contributed by atoms with E-state index >= 15 is 0 Å². The third-order valence-electron chi connectivity index (χ3n) is 4.90. The summed E-state index contributed by atoms with van der Waals surface area (Å²) in [4.78, 5) is 15.7. The maximum Gasteiger partial charge on any atom is 0.220 e. The zero-order valence-electron chi connectivity index (χ0n) is 12.8. The molecule has 0 radical (unpaired) electrons. The molecule has 1 amide bonds. The monoisotopic (exact) mass is 308 g/mol. The van der Waals surface area contributed by atoms with Crippen LogP contribution in [0.2, 0.25) is 0 Å². The van der Waals surface area contributed by atoms with Gasteiger partial charge >= 0.3 is 0 Å². The molecule has 3 heterocycles. The lowest BCUT2D eigenvalue weighted by molar-refractivity contribution is -0.124. The molecule has 1 aromatic rings. The Morgan fingerprint density at radius 3 is 3.05 bits per heavy atom. The van der Waals surface area contributed by atoms with Crippen molar-refractivity contribution in [2.24, 2.45) is 17.8 Å². The summed E-state index contributed by atoms with van der Waals surface area (Å²) in [6, 6.07) is 2.20. The number of hydrogen-bond acceptors (Lipinski definition) is 4. The van der Waals surface area contributed by atoms with Crippen LogP contribution in [0, 0.1) is 24.7 Å². The zero-order chi connectivity index (χ0) is 14.8. The van der Waals surface area contributed by atoms with Crippen LogP contribution in [0.5, 0.6) is 0 Å². The van der Waals surface area contributed by atoms with Gasteiger partial charge in [0.2, 0.25) is 5.91 Å². The Bertz CT molecular complexity index is 502. The minimum Gasteiger partial charge on any atom is -0.381 e. The first-order valence-corrected chi connectivity index (χ1v) is 8.59. The molecule has 1 N–H and O–H groups in total. The Morgan fingerprint density at radius 2 is 2.33 bits per heavy atom. The van der Waals surface area contributed by atoms with Crippen molar-refractivity contribution >= 4 is 17.2 Å². The van der Waals surface area contributed by atoms with E-state index in [9.17, 15) is 4.79 Å². The first-order chi connectivity index (χ1) is 10.2. The van der Waals surface area contributed by atoms with E-state index in [1.807, 2.05) is 11.3 Å². The Morgan fingerprint density at radius 1 is 1.48 bits per heavy atom. The number of carbonyl (C=O) groups is 1. The number of thiophene rings is 1. The lowest BCUT2D eigenvalue weighted by Crippen LogP contribution is -2.37. The lowest BCUT2D eigenvalue weighted by Gasteiger charge is -2.32. The van der Waals surface area contributed by atoms with Gasteiger partial charge < -0.3 is 10.1 Å². The van der Waals surface area contributed by atoms with E-state index in [0.29, 0.717) is 24.2 Å². The second kappa shape index (κ2) is 6.46. The topological polar surface area (TPSA) is 41.6 Å². The molecule has 2 saturated heterocycles. The number of fused-ring (bicyclic) bond motifs is 1. The minimum absolute atomic E-state index is 0.136. The highest BCUT2D eigenvalue weighted by Crippen LogP contribution is 2.36. The molecule has 116 valence electrons. The van der Waals surface area contributed by atoms with E-state index in [0.717, 1.165) is 32.8 Å². The van der Waals surface area contributed by atoms with Gasteiger partial charge in [0.15, 0.2) is 0 Å². The highest BCUT2D eigenvalue weighted by atomic mass is 32.1. The predicted molar refractivity (Wildman–Crippen MR) is 84.3 cm³/mol. The molecule has 3 atom stereocenters. The van der Waals surface area contributed by atoms with E-state index in [1.54, 1.807) is 7.05 Å². The van der Waals surface area contributed by atoms with Gasteiger partial charge in [-0.3, -0.25) is 9.69 Å². The van der Waals surface area contributed by atoms with Gasteiger partial charge in [0.1, 0.15) is 0 Å². The number of nitrogens with one attached hydrogen (secondary N) is 1. The fourth-order valence-corrected chi connectivity index (χ4v) is 4.59. The number of amides is 1. The molecule has 4 nitrogen and oxygen atoms in total. The minimum atomic E-state index is 0.136. The van der Waals surface area contributed by atoms with Crippen molar-refractivity contribution in [3.63, 3.8) is 0 Å². The van der Waals surface area contributed by atoms with Gasteiger partial charge in [-0.05, 0) is 41.7 Å². The standard InChI is InChI=1S/C16H24N2O2S/c1-11-3-4-21-15(11)8-18-6-13-10-20-9-12(14(13)7-18)5-16(19)17-2/h3-4,12-14H,5-10H2,1-2H3,(H,17,19)/t12-,13-,14+/m1/s1. The largest absolute Gasteiger partial charge is 0.381 e. The Kier molecular flexibility index (Phi) is 4.62. The smallest absolute Gasteiger partial charge is 0.220 e. The van der Waals surface area contributed by atoms with Crippen LogP contribution < -0.4 is 5.32 Å². The fraction of sp³-hybridized carbons (Fsp3) is 0.688. The van der Waals surface area contributed by atoms with Crippen LogP contribution in [0.15, 0.2) is 11.4 Å². The Balaban J connectivity index is 1.63. The third kappa shape index (κ3) is 3.30. The van der Waals surface area contributed by atoms with Crippen molar-refractivity contribution in [2.75, 3.05) is 33.4 Å². The van der Waals surface area contributed by atoms with Crippen LogP contribution in [-0.2, 0) is 16.1 Å². The van der Waals surface area contributed by atoms with Crippen molar-refractivity contribution in [3.8, 4) is 0 Å². The number of carbonyl (C=O) groups excluding carboxylic acids is 1. The summed E-state index contributed by atoms with van der Waals surface area (Å²) in [7, 11) is 1.71. The highest BCUT2D eigenvalue weighted by molar-refractivity contribution is 7.10. The van der Waals surface area contributed by atoms with E-state index < -0.39 is 0 Å². The molecule has 21 heavy (non-hydrogen) atoms. The molecule has 0 aliphatic carbocycles. The molecule has 1 aromatic heterocycles. The summed E-state index contributed by atoms with van der Waals surface area (Å²) in [6.07, 6.45) is 0.601. The van der Waals surface area contributed by atoms with Crippen LogP contribution >= 0.6 is 11.3 Å². The molecule has 0 saturated carbocycles. The third-order valence-corrected chi connectivity index (χ3v) is 5.91. The van der Waals surface area contributed by atoms with Gasteiger partial charge in [-0.1, -0.05) is 0 Å². The second-order valence-electron chi connectivity index (χ2n) is 6.32. The quantitative estimate of drug-likeness (QED) is 0.923. The summed E-state index contributed by atoms with van der Waals surface area (Å²) in [5, 5.41) is 4.91. The van der Waals surface area contributed by atoms with Crippen molar-refractivity contribution in [1.29, 1.82) is 0 Å². The average Bonchev–Trinajstić information content (AvgIpc) is 3.06. The van der Waals surface area contributed by atoms with E-state index in [1.165, 1.54) is 10.4 Å². The number of likely N-dealkylation sites (tertiary alicyclic amines) is 1.